The van der Waals surface area contributed by atoms with Crippen molar-refractivity contribution in [3.8, 4) is 0 Å². The molecule has 0 radical (unpaired) electrons. The molecule has 0 bridgehead atoms. The zero-order chi connectivity index (χ0) is 9.84. The maximum atomic E-state index is 12.5. The first-order chi connectivity index (χ1) is 6.09. The van der Waals surface area contributed by atoms with E-state index < -0.39 is 18.0 Å². The highest BCUT2D eigenvalue weighted by atomic mass is 19.1. The van der Waals surface area contributed by atoms with Crippen LogP contribution in [0.1, 0.15) is 5.69 Å². The van der Waals surface area contributed by atoms with Gasteiger partial charge in [0.05, 0.1) is 0 Å². The number of carboxylic acid groups (broad SMARTS) is 1. The van der Waals surface area contributed by atoms with Crippen LogP contribution in [0.2, 0.25) is 0 Å². The standard InChI is InChI=1S/C8H9FN2O2/c9-7-3-1-2-5(11-7)4-6(10)8(12)13/h1-3,6H,4,10H2,(H,12,13)/t6-/m0/s1. The molecule has 0 fully saturated rings. The second kappa shape index (κ2) is 3.95. The Labute approximate surface area is 74.2 Å². The molecule has 1 aromatic heterocycles. The van der Waals surface area contributed by atoms with Crippen molar-refractivity contribution < 1.29 is 14.3 Å². The zero-order valence-corrected chi connectivity index (χ0v) is 6.77. The lowest BCUT2D eigenvalue weighted by atomic mass is 10.1. The van der Waals surface area contributed by atoms with E-state index in [4.69, 9.17) is 10.8 Å². The maximum absolute atomic E-state index is 12.5. The lowest BCUT2D eigenvalue weighted by Crippen LogP contribution is -2.32. The number of pyridine rings is 1. The molecule has 0 spiro atoms. The molecular formula is C8H9FN2O2. The van der Waals surface area contributed by atoms with Gasteiger partial charge in [-0.1, -0.05) is 6.07 Å². The summed E-state index contributed by atoms with van der Waals surface area (Å²) >= 11 is 0. The van der Waals surface area contributed by atoms with Gasteiger partial charge in [-0.2, -0.15) is 4.39 Å². The molecule has 70 valence electrons. The number of carbonyl (C=O) groups is 1. The molecular weight excluding hydrogens is 175 g/mol. The monoisotopic (exact) mass is 184 g/mol. The molecule has 0 aliphatic heterocycles. The highest BCUT2D eigenvalue weighted by Crippen LogP contribution is 2.00. The van der Waals surface area contributed by atoms with Gasteiger partial charge in [0.15, 0.2) is 0 Å². The minimum atomic E-state index is -1.12. The Morgan fingerprint density at radius 3 is 2.92 bits per heavy atom. The fraction of sp³-hybridized carbons (Fsp3) is 0.250. The fourth-order valence-corrected chi connectivity index (χ4v) is 0.877. The SMILES string of the molecule is N[C@@H](Cc1cccc(F)n1)C(=O)O. The summed E-state index contributed by atoms with van der Waals surface area (Å²) in [7, 11) is 0. The number of halogens is 1. The summed E-state index contributed by atoms with van der Waals surface area (Å²) in [6, 6.07) is 3.16. The third kappa shape index (κ3) is 2.79. The van der Waals surface area contributed by atoms with Gasteiger partial charge < -0.3 is 10.8 Å². The van der Waals surface area contributed by atoms with Crippen LogP contribution < -0.4 is 5.73 Å². The summed E-state index contributed by atoms with van der Waals surface area (Å²) in [4.78, 5) is 13.8. The molecule has 1 aromatic rings. The maximum Gasteiger partial charge on any atom is 0.320 e. The van der Waals surface area contributed by atoms with E-state index in [-0.39, 0.29) is 6.42 Å². The molecule has 5 heteroatoms. The van der Waals surface area contributed by atoms with Crippen molar-refractivity contribution in [3.63, 3.8) is 0 Å². The summed E-state index contributed by atoms with van der Waals surface area (Å²) < 4.78 is 12.5. The highest BCUT2D eigenvalue weighted by molar-refractivity contribution is 5.73. The molecule has 0 saturated carbocycles. The average Bonchev–Trinajstić information content (AvgIpc) is 2.04. The lowest BCUT2D eigenvalue weighted by Gasteiger charge is -2.04. The molecule has 0 unspecified atom stereocenters. The van der Waals surface area contributed by atoms with E-state index in [1.54, 1.807) is 0 Å². The van der Waals surface area contributed by atoms with Gasteiger partial charge in [-0.05, 0) is 12.1 Å². The molecule has 0 aromatic carbocycles. The number of aliphatic carboxylic acids is 1. The van der Waals surface area contributed by atoms with Crippen molar-refractivity contribution >= 4 is 5.97 Å². The number of rotatable bonds is 3. The van der Waals surface area contributed by atoms with Crippen molar-refractivity contribution in [2.75, 3.05) is 0 Å². The third-order valence-corrected chi connectivity index (χ3v) is 1.52. The van der Waals surface area contributed by atoms with Crippen LogP contribution in [0.3, 0.4) is 0 Å². The van der Waals surface area contributed by atoms with E-state index in [2.05, 4.69) is 4.98 Å². The van der Waals surface area contributed by atoms with Crippen LogP contribution in [-0.2, 0) is 11.2 Å². The summed E-state index contributed by atoms with van der Waals surface area (Å²) in [5, 5.41) is 8.47. The molecule has 0 aliphatic rings. The largest absolute Gasteiger partial charge is 0.480 e. The second-order valence-electron chi connectivity index (χ2n) is 2.60. The van der Waals surface area contributed by atoms with Crippen molar-refractivity contribution in [1.29, 1.82) is 0 Å². The van der Waals surface area contributed by atoms with E-state index in [1.807, 2.05) is 0 Å². The molecule has 1 atom stereocenters. The molecule has 3 N–H and O–H groups in total. The van der Waals surface area contributed by atoms with E-state index in [0.717, 1.165) is 0 Å². The third-order valence-electron chi connectivity index (χ3n) is 1.52. The molecule has 4 nitrogen and oxygen atoms in total. The van der Waals surface area contributed by atoms with Crippen LogP contribution in [-0.4, -0.2) is 22.1 Å². The quantitative estimate of drug-likeness (QED) is 0.657. The normalized spacial score (nSPS) is 12.5. The molecule has 13 heavy (non-hydrogen) atoms. The Bertz CT molecular complexity index is 317. The highest BCUT2D eigenvalue weighted by Gasteiger charge is 2.12. The average molecular weight is 184 g/mol. The fourth-order valence-electron chi connectivity index (χ4n) is 0.877. The van der Waals surface area contributed by atoms with Crippen LogP contribution in [0, 0.1) is 5.95 Å². The Kier molecular flexibility index (Phi) is 2.92. The van der Waals surface area contributed by atoms with E-state index in [9.17, 15) is 9.18 Å². The van der Waals surface area contributed by atoms with Gasteiger partial charge in [-0.3, -0.25) is 4.79 Å². The van der Waals surface area contributed by atoms with Crippen molar-refractivity contribution in [3.05, 3.63) is 29.8 Å². The summed E-state index contributed by atoms with van der Waals surface area (Å²) in [5.41, 5.74) is 5.58. The second-order valence-corrected chi connectivity index (χ2v) is 2.60. The predicted octanol–water partition coefficient (Wildman–Crippen LogP) is 0.175. The summed E-state index contributed by atoms with van der Waals surface area (Å²) in [6.45, 7) is 0. The smallest absolute Gasteiger partial charge is 0.320 e. The van der Waals surface area contributed by atoms with Gasteiger partial charge in [-0.25, -0.2) is 4.98 Å². The zero-order valence-electron chi connectivity index (χ0n) is 6.77. The Morgan fingerprint density at radius 1 is 1.69 bits per heavy atom. The first-order valence-electron chi connectivity index (χ1n) is 3.69. The number of nitrogens with two attached hydrogens (primary N) is 1. The number of hydrogen-bond donors (Lipinski definition) is 2. The number of hydrogen-bond acceptors (Lipinski definition) is 3. The Hall–Kier alpha value is -1.49. The van der Waals surface area contributed by atoms with E-state index in [1.165, 1.54) is 18.2 Å². The van der Waals surface area contributed by atoms with Crippen molar-refractivity contribution in [2.45, 2.75) is 12.5 Å². The summed E-state index contributed by atoms with van der Waals surface area (Å²) in [5.74, 6) is -1.75. The first kappa shape index (κ1) is 9.60. The van der Waals surface area contributed by atoms with Gasteiger partial charge in [0.2, 0.25) is 5.95 Å². The number of nitrogens with zero attached hydrogens (tertiary/aromatic N) is 1. The topological polar surface area (TPSA) is 76.2 Å². The molecule has 0 saturated heterocycles. The summed E-state index contributed by atoms with van der Waals surface area (Å²) in [6.07, 6.45) is 0.0348. The van der Waals surface area contributed by atoms with Crippen LogP contribution in [0.4, 0.5) is 4.39 Å². The number of aromatic nitrogens is 1. The Balaban J connectivity index is 2.69. The van der Waals surface area contributed by atoms with Gasteiger partial charge in [-0.15, -0.1) is 0 Å². The van der Waals surface area contributed by atoms with Gasteiger partial charge in [0, 0.05) is 12.1 Å². The first-order valence-corrected chi connectivity index (χ1v) is 3.69. The minimum absolute atomic E-state index is 0.0348. The minimum Gasteiger partial charge on any atom is -0.480 e. The lowest BCUT2D eigenvalue weighted by molar-refractivity contribution is -0.138. The van der Waals surface area contributed by atoms with Crippen molar-refractivity contribution in [1.82, 2.24) is 4.98 Å². The van der Waals surface area contributed by atoms with Crippen LogP contribution in [0.25, 0.3) is 0 Å². The molecule has 1 rings (SSSR count). The van der Waals surface area contributed by atoms with Gasteiger partial charge >= 0.3 is 5.97 Å². The molecule has 0 aliphatic carbocycles. The number of carboxylic acids is 1. The van der Waals surface area contributed by atoms with Crippen LogP contribution >= 0.6 is 0 Å². The predicted molar refractivity (Wildman–Crippen MR) is 43.5 cm³/mol. The van der Waals surface area contributed by atoms with Gasteiger partial charge in [0.1, 0.15) is 6.04 Å². The molecule has 1 heterocycles. The van der Waals surface area contributed by atoms with Gasteiger partial charge in [0.25, 0.3) is 0 Å². The van der Waals surface area contributed by atoms with Crippen LogP contribution in [0.5, 0.6) is 0 Å². The van der Waals surface area contributed by atoms with Crippen molar-refractivity contribution in [2.24, 2.45) is 5.73 Å². The van der Waals surface area contributed by atoms with E-state index >= 15 is 0 Å². The van der Waals surface area contributed by atoms with Crippen LogP contribution in [0.15, 0.2) is 18.2 Å². The Morgan fingerprint density at radius 2 is 2.38 bits per heavy atom. The molecule has 0 amide bonds. The van der Waals surface area contributed by atoms with E-state index in [0.29, 0.717) is 5.69 Å².